The van der Waals surface area contributed by atoms with E-state index in [-0.39, 0.29) is 5.91 Å². The molecule has 0 aliphatic carbocycles. The fraction of sp³-hybridized carbons (Fsp3) is 0.0645. The van der Waals surface area contributed by atoms with Crippen LogP contribution in [0, 0.1) is 17.7 Å². The van der Waals surface area contributed by atoms with Crippen molar-refractivity contribution >= 4 is 39.7 Å². The van der Waals surface area contributed by atoms with Gasteiger partial charge in [0.2, 0.25) is 0 Å². The Morgan fingerprint density at radius 3 is 2.34 bits per heavy atom. The van der Waals surface area contributed by atoms with Gasteiger partial charge in [0.05, 0.1) is 29.1 Å². The number of hydrogen-bond donors (Lipinski definition) is 3. The number of anilines is 2. The number of carbonyl (C=O) groups is 1. The van der Waals surface area contributed by atoms with E-state index in [1.54, 1.807) is 19.2 Å². The first-order chi connectivity index (χ1) is 18.5. The molecule has 1 aliphatic rings. The van der Waals surface area contributed by atoms with Crippen LogP contribution in [0.25, 0.3) is 11.3 Å². The smallest absolute Gasteiger partial charge is 0.258 e. The molecule has 4 aromatic carbocycles. The van der Waals surface area contributed by atoms with Crippen molar-refractivity contribution in [3.63, 3.8) is 0 Å². The number of fused-ring (bicyclic) bond motifs is 1. The predicted molar refractivity (Wildman–Crippen MR) is 150 cm³/mol. The second-order valence-corrected chi connectivity index (χ2v) is 9.96. The van der Waals surface area contributed by atoms with Crippen LogP contribution in [0.4, 0.5) is 15.8 Å². The molecule has 5 rings (SSSR count). The minimum Gasteiger partial charge on any atom is -0.606 e. The van der Waals surface area contributed by atoms with Crippen molar-refractivity contribution in [2.45, 2.75) is 9.79 Å². The van der Waals surface area contributed by atoms with Crippen molar-refractivity contribution < 1.29 is 13.7 Å². The number of nitrogens with one attached hydrogen (secondary N) is 3. The van der Waals surface area contributed by atoms with E-state index >= 15 is 0 Å². The predicted octanol–water partition coefficient (Wildman–Crippen LogP) is 5.50. The van der Waals surface area contributed by atoms with Gasteiger partial charge in [0.1, 0.15) is 5.82 Å². The summed E-state index contributed by atoms with van der Waals surface area (Å²) in [4.78, 5) is 14.3. The Balaban J connectivity index is 1.71. The minimum absolute atomic E-state index is 0.277. The molecular weight excluding hydrogens is 497 g/mol. The molecule has 0 aromatic heterocycles. The summed E-state index contributed by atoms with van der Waals surface area (Å²) in [5, 5.41) is 9.35. The highest BCUT2D eigenvalue weighted by Gasteiger charge is 2.32. The molecule has 1 amide bonds. The van der Waals surface area contributed by atoms with Gasteiger partial charge in [-0.1, -0.05) is 60.4 Å². The number of amides is 1. The normalized spacial score (nSPS) is 14.1. The number of benzene rings is 4. The zero-order valence-electron chi connectivity index (χ0n) is 20.5. The topological polar surface area (TPSA) is 76.2 Å². The Kier molecular flexibility index (Phi) is 7.57. The Labute approximate surface area is 224 Å². The number of rotatable bonds is 6. The molecule has 0 saturated heterocycles. The van der Waals surface area contributed by atoms with Crippen molar-refractivity contribution in [2.75, 3.05) is 24.2 Å². The highest BCUT2D eigenvalue weighted by Crippen LogP contribution is 2.41. The van der Waals surface area contributed by atoms with E-state index in [2.05, 4.69) is 27.8 Å². The molecular formula is C31H24FN3O2S. The second kappa shape index (κ2) is 11.4. The highest BCUT2D eigenvalue weighted by molar-refractivity contribution is 7.91. The van der Waals surface area contributed by atoms with Crippen LogP contribution in [0.15, 0.2) is 107 Å². The molecule has 0 saturated carbocycles. The summed E-state index contributed by atoms with van der Waals surface area (Å²) in [6, 6.07) is 28.2. The van der Waals surface area contributed by atoms with Crippen LogP contribution in [0.2, 0.25) is 0 Å². The van der Waals surface area contributed by atoms with Crippen molar-refractivity contribution in [1.82, 2.24) is 5.32 Å². The molecule has 0 radical (unpaired) electrons. The van der Waals surface area contributed by atoms with E-state index in [0.29, 0.717) is 44.4 Å². The Morgan fingerprint density at radius 1 is 0.974 bits per heavy atom. The molecule has 1 heterocycles. The third kappa shape index (κ3) is 5.34. The molecule has 5 nitrogen and oxygen atoms in total. The summed E-state index contributed by atoms with van der Waals surface area (Å²) in [6.07, 6.45) is 0. The van der Waals surface area contributed by atoms with Crippen LogP contribution < -0.4 is 16.0 Å². The number of para-hydroxylation sites is 1. The summed E-state index contributed by atoms with van der Waals surface area (Å²) in [5.74, 6) is 5.40. The average molecular weight is 522 g/mol. The molecule has 0 spiro atoms. The van der Waals surface area contributed by atoms with E-state index < -0.39 is 17.0 Å². The standard InChI is InChI=1S/C31H24FN3O2S/c1-33-18-8-11-22-19-27-26(20-28(22)38(37)25-16-14-23(32)15-17-25)29(31(36)35-27)30(21-9-4-2-5-10-21)34-24-12-6-3-7-13-24/h2-7,9-10,12-17,19-20,33-34H,18H2,1H3,(H,35,36)/b30-29-. The average Bonchev–Trinajstić information content (AvgIpc) is 3.26. The van der Waals surface area contributed by atoms with Crippen molar-refractivity contribution in [3.05, 3.63) is 120 Å². The SMILES string of the molecule is CNCC#Cc1cc2c(cc1[S+]([O-])c1ccc(F)cc1)/C(=C(/Nc1ccccc1)c1ccccc1)C(=O)N2. The first kappa shape index (κ1) is 25.3. The Morgan fingerprint density at radius 2 is 1.66 bits per heavy atom. The maximum atomic E-state index is 13.7. The molecule has 38 heavy (non-hydrogen) atoms. The molecule has 7 heteroatoms. The first-order valence-electron chi connectivity index (χ1n) is 12.0. The monoisotopic (exact) mass is 521 g/mol. The van der Waals surface area contributed by atoms with Crippen LogP contribution in [0.5, 0.6) is 0 Å². The third-order valence-corrected chi connectivity index (χ3v) is 7.37. The fourth-order valence-electron chi connectivity index (χ4n) is 4.16. The van der Waals surface area contributed by atoms with Crippen molar-refractivity contribution in [1.29, 1.82) is 0 Å². The van der Waals surface area contributed by atoms with Gasteiger partial charge in [-0.15, -0.1) is 0 Å². The molecule has 1 unspecified atom stereocenters. The van der Waals surface area contributed by atoms with Crippen LogP contribution >= 0.6 is 0 Å². The lowest BCUT2D eigenvalue weighted by molar-refractivity contribution is -0.110. The maximum absolute atomic E-state index is 13.7. The quantitative estimate of drug-likeness (QED) is 0.178. The van der Waals surface area contributed by atoms with Crippen LogP contribution in [0.3, 0.4) is 0 Å². The highest BCUT2D eigenvalue weighted by atomic mass is 32.2. The number of hydrogen-bond acceptors (Lipinski definition) is 4. The lowest BCUT2D eigenvalue weighted by Gasteiger charge is -2.16. The van der Waals surface area contributed by atoms with Crippen LogP contribution in [0.1, 0.15) is 16.7 Å². The van der Waals surface area contributed by atoms with Gasteiger partial charge in [0.25, 0.3) is 5.91 Å². The van der Waals surface area contributed by atoms with Gasteiger partial charge in [-0.05, 0) is 55.1 Å². The summed E-state index contributed by atoms with van der Waals surface area (Å²) in [5.41, 5.74) is 4.44. The van der Waals surface area contributed by atoms with E-state index in [4.69, 9.17) is 0 Å². The van der Waals surface area contributed by atoms with Gasteiger partial charge >= 0.3 is 0 Å². The van der Waals surface area contributed by atoms with E-state index in [1.807, 2.05) is 60.7 Å². The van der Waals surface area contributed by atoms with Gasteiger partial charge < -0.3 is 20.5 Å². The van der Waals surface area contributed by atoms with Crippen LogP contribution in [-0.4, -0.2) is 24.1 Å². The molecule has 3 N–H and O–H groups in total. The third-order valence-electron chi connectivity index (χ3n) is 5.94. The first-order valence-corrected chi connectivity index (χ1v) is 13.1. The van der Waals surface area contributed by atoms with Gasteiger partial charge in [-0.2, -0.15) is 0 Å². The molecule has 1 atom stereocenters. The molecule has 188 valence electrons. The lowest BCUT2D eigenvalue weighted by Crippen LogP contribution is -2.10. The molecule has 1 aliphatic heterocycles. The van der Waals surface area contributed by atoms with Gasteiger partial charge in [0, 0.05) is 28.5 Å². The van der Waals surface area contributed by atoms with Crippen LogP contribution in [-0.2, 0) is 16.0 Å². The number of carbonyl (C=O) groups excluding carboxylic acids is 1. The summed E-state index contributed by atoms with van der Waals surface area (Å²) >= 11 is -1.66. The Bertz CT molecular complexity index is 1560. The van der Waals surface area contributed by atoms with E-state index in [9.17, 15) is 13.7 Å². The van der Waals surface area contributed by atoms with E-state index in [1.165, 1.54) is 24.3 Å². The Hall–Kier alpha value is -4.35. The van der Waals surface area contributed by atoms with Gasteiger partial charge in [0.15, 0.2) is 9.79 Å². The second-order valence-electron chi connectivity index (χ2n) is 8.51. The minimum atomic E-state index is -1.66. The zero-order chi connectivity index (χ0) is 26.5. The number of halogens is 1. The van der Waals surface area contributed by atoms with E-state index in [0.717, 1.165) is 11.3 Å². The van der Waals surface area contributed by atoms with Gasteiger partial charge in [-0.3, -0.25) is 4.79 Å². The maximum Gasteiger partial charge on any atom is 0.258 e. The molecule has 0 fully saturated rings. The summed E-state index contributed by atoms with van der Waals surface area (Å²) in [6.45, 7) is 0.441. The molecule has 4 aromatic rings. The largest absolute Gasteiger partial charge is 0.606 e. The lowest BCUT2D eigenvalue weighted by atomic mass is 9.99. The fourth-order valence-corrected chi connectivity index (χ4v) is 5.33. The summed E-state index contributed by atoms with van der Waals surface area (Å²) < 4.78 is 27.3. The van der Waals surface area contributed by atoms with Gasteiger partial charge in [-0.25, -0.2) is 4.39 Å². The van der Waals surface area contributed by atoms with Crippen molar-refractivity contribution in [2.24, 2.45) is 0 Å². The molecule has 0 bridgehead atoms. The zero-order valence-corrected chi connectivity index (χ0v) is 21.4. The summed E-state index contributed by atoms with van der Waals surface area (Å²) in [7, 11) is 1.79. The van der Waals surface area contributed by atoms with Crippen molar-refractivity contribution in [3.8, 4) is 11.8 Å².